The molecule has 1 aliphatic rings. The van der Waals surface area contributed by atoms with Crippen molar-refractivity contribution in [3.63, 3.8) is 0 Å². The first-order valence-electron chi connectivity index (χ1n) is 6.94. The van der Waals surface area contributed by atoms with Gasteiger partial charge in [0.05, 0.1) is 18.1 Å². The van der Waals surface area contributed by atoms with Gasteiger partial charge >= 0.3 is 6.03 Å². The molecule has 0 fully saturated rings. The highest BCUT2D eigenvalue weighted by atomic mass is 32.1. The zero-order valence-corrected chi connectivity index (χ0v) is 12.8. The molecule has 0 saturated heterocycles. The molecule has 0 bridgehead atoms. The summed E-state index contributed by atoms with van der Waals surface area (Å²) in [7, 11) is 0. The van der Waals surface area contributed by atoms with E-state index in [4.69, 9.17) is 0 Å². The molecule has 0 saturated carbocycles. The van der Waals surface area contributed by atoms with Crippen LogP contribution >= 0.6 is 11.3 Å². The van der Waals surface area contributed by atoms with Gasteiger partial charge in [-0.1, -0.05) is 0 Å². The lowest BCUT2D eigenvalue weighted by atomic mass is 9.99. The molecule has 2 heterocycles. The van der Waals surface area contributed by atoms with Gasteiger partial charge in [0.25, 0.3) is 0 Å². The third kappa shape index (κ3) is 2.94. The zero-order chi connectivity index (χ0) is 15.7. The van der Waals surface area contributed by atoms with Gasteiger partial charge in [-0.05, 0) is 31.0 Å². The van der Waals surface area contributed by atoms with Crippen molar-refractivity contribution in [3.05, 3.63) is 51.0 Å². The van der Waals surface area contributed by atoms with Crippen molar-refractivity contribution in [3.8, 4) is 0 Å². The van der Waals surface area contributed by atoms with Gasteiger partial charge in [-0.3, -0.25) is 0 Å². The average molecular weight is 323 g/mol. The first-order chi connectivity index (χ1) is 10.5. The molecule has 3 rings (SSSR count). The standard InChI is InChI=1S/C15H15F2N3OS/c1-9-18-6-10(22-9)7-19-15(21)20-5-4-11-12(8-20)14(17)3-2-13(11)16/h2-3,6H,4-5,7-8H2,1H3,(H,19,21). The van der Waals surface area contributed by atoms with Crippen molar-refractivity contribution >= 4 is 17.4 Å². The molecule has 0 unspecified atom stereocenters. The second kappa shape index (κ2) is 6.00. The molecule has 116 valence electrons. The average Bonchev–Trinajstić information content (AvgIpc) is 2.94. The lowest BCUT2D eigenvalue weighted by Gasteiger charge is -2.29. The van der Waals surface area contributed by atoms with Crippen LogP contribution in [0.1, 0.15) is 21.0 Å². The van der Waals surface area contributed by atoms with E-state index in [1.165, 1.54) is 16.2 Å². The number of nitrogens with one attached hydrogen (secondary N) is 1. The monoisotopic (exact) mass is 323 g/mol. The van der Waals surface area contributed by atoms with Gasteiger partial charge in [-0.25, -0.2) is 18.6 Å². The van der Waals surface area contributed by atoms with Gasteiger partial charge in [0.15, 0.2) is 0 Å². The number of amides is 2. The molecule has 1 aromatic heterocycles. The van der Waals surface area contributed by atoms with Crippen LogP contribution in [0.2, 0.25) is 0 Å². The number of thiazole rings is 1. The quantitative estimate of drug-likeness (QED) is 0.923. The number of hydrogen-bond acceptors (Lipinski definition) is 3. The largest absolute Gasteiger partial charge is 0.333 e. The molecule has 0 atom stereocenters. The van der Waals surface area contributed by atoms with Crippen LogP contribution < -0.4 is 5.32 Å². The van der Waals surface area contributed by atoms with Gasteiger partial charge in [0, 0.05) is 23.2 Å². The Morgan fingerprint density at radius 1 is 1.36 bits per heavy atom. The highest BCUT2D eigenvalue weighted by molar-refractivity contribution is 7.11. The van der Waals surface area contributed by atoms with Gasteiger partial charge in [0.1, 0.15) is 11.6 Å². The van der Waals surface area contributed by atoms with Crippen LogP contribution in [0.5, 0.6) is 0 Å². The summed E-state index contributed by atoms with van der Waals surface area (Å²) in [6, 6.07) is 1.96. The maximum absolute atomic E-state index is 13.8. The van der Waals surface area contributed by atoms with Gasteiger partial charge in [-0.15, -0.1) is 11.3 Å². The normalized spacial score (nSPS) is 13.9. The third-order valence-electron chi connectivity index (χ3n) is 3.67. The molecule has 1 aromatic carbocycles. The molecular weight excluding hydrogens is 308 g/mol. The fraction of sp³-hybridized carbons (Fsp3) is 0.333. The van der Waals surface area contributed by atoms with Crippen LogP contribution in [0.3, 0.4) is 0 Å². The first kappa shape index (κ1) is 14.9. The van der Waals surface area contributed by atoms with E-state index in [0.29, 0.717) is 25.1 Å². The number of aromatic nitrogens is 1. The number of halogens is 2. The Bertz CT molecular complexity index is 717. The molecule has 2 amide bonds. The number of carbonyl (C=O) groups is 1. The smallest absolute Gasteiger partial charge is 0.318 e. The number of rotatable bonds is 2. The van der Waals surface area contributed by atoms with Crippen LogP contribution in [-0.2, 0) is 19.5 Å². The second-order valence-electron chi connectivity index (χ2n) is 5.16. The number of urea groups is 1. The summed E-state index contributed by atoms with van der Waals surface area (Å²) in [5.41, 5.74) is 0.650. The minimum atomic E-state index is -0.466. The Labute approximate surface area is 130 Å². The Kier molecular flexibility index (Phi) is 4.06. The zero-order valence-electron chi connectivity index (χ0n) is 12.0. The van der Waals surface area contributed by atoms with Gasteiger partial charge in [0.2, 0.25) is 0 Å². The van der Waals surface area contributed by atoms with E-state index in [-0.39, 0.29) is 18.1 Å². The molecule has 0 radical (unpaired) electrons. The SMILES string of the molecule is Cc1ncc(CNC(=O)N2CCc3c(F)ccc(F)c3C2)s1. The topological polar surface area (TPSA) is 45.2 Å². The number of carbonyl (C=O) groups excluding carboxylic acids is 1. The number of aryl methyl sites for hydroxylation is 1. The van der Waals surface area contributed by atoms with Crippen molar-refractivity contribution in [2.75, 3.05) is 6.54 Å². The number of nitrogens with zero attached hydrogens (tertiary/aromatic N) is 2. The van der Waals surface area contributed by atoms with Crippen LogP contribution in [-0.4, -0.2) is 22.5 Å². The van der Waals surface area contributed by atoms with Crippen molar-refractivity contribution in [2.24, 2.45) is 0 Å². The fourth-order valence-corrected chi connectivity index (χ4v) is 3.26. The molecule has 7 heteroatoms. The third-order valence-corrected chi connectivity index (χ3v) is 4.58. The predicted molar refractivity (Wildman–Crippen MR) is 79.6 cm³/mol. The van der Waals surface area contributed by atoms with E-state index in [1.54, 1.807) is 6.20 Å². The Morgan fingerprint density at radius 3 is 2.77 bits per heavy atom. The van der Waals surface area contributed by atoms with Crippen LogP contribution in [0.4, 0.5) is 13.6 Å². The van der Waals surface area contributed by atoms with Crippen molar-refractivity contribution in [2.45, 2.75) is 26.4 Å². The maximum atomic E-state index is 13.8. The van der Waals surface area contributed by atoms with E-state index in [9.17, 15) is 13.6 Å². The molecule has 0 aliphatic carbocycles. The summed E-state index contributed by atoms with van der Waals surface area (Å²) < 4.78 is 27.5. The molecule has 4 nitrogen and oxygen atoms in total. The summed E-state index contributed by atoms with van der Waals surface area (Å²) in [4.78, 5) is 18.7. The highest BCUT2D eigenvalue weighted by Crippen LogP contribution is 2.24. The molecule has 2 aromatic rings. The summed E-state index contributed by atoms with van der Waals surface area (Å²) in [6.45, 7) is 2.75. The lowest BCUT2D eigenvalue weighted by Crippen LogP contribution is -2.42. The summed E-state index contributed by atoms with van der Waals surface area (Å²) in [6.07, 6.45) is 2.05. The van der Waals surface area contributed by atoms with E-state index in [1.807, 2.05) is 6.92 Å². The van der Waals surface area contributed by atoms with Crippen LogP contribution in [0.15, 0.2) is 18.3 Å². The van der Waals surface area contributed by atoms with Gasteiger partial charge in [-0.2, -0.15) is 0 Å². The highest BCUT2D eigenvalue weighted by Gasteiger charge is 2.25. The molecule has 1 aliphatic heterocycles. The molecule has 1 N–H and O–H groups in total. The fourth-order valence-electron chi connectivity index (χ4n) is 2.53. The number of fused-ring (bicyclic) bond motifs is 1. The van der Waals surface area contributed by atoms with Gasteiger partial charge < -0.3 is 10.2 Å². The van der Waals surface area contributed by atoms with Crippen molar-refractivity contribution < 1.29 is 13.6 Å². The Hall–Kier alpha value is -2.02. The minimum Gasteiger partial charge on any atom is -0.333 e. The summed E-state index contributed by atoms with van der Waals surface area (Å²) >= 11 is 1.52. The molecule has 0 spiro atoms. The van der Waals surface area contributed by atoms with E-state index < -0.39 is 11.6 Å². The first-order valence-corrected chi connectivity index (χ1v) is 7.76. The maximum Gasteiger partial charge on any atom is 0.318 e. The van der Waals surface area contributed by atoms with Crippen LogP contribution in [0, 0.1) is 18.6 Å². The summed E-state index contributed by atoms with van der Waals surface area (Å²) in [5.74, 6) is -0.872. The van der Waals surface area contributed by atoms with E-state index in [2.05, 4.69) is 10.3 Å². The Balaban J connectivity index is 1.66. The summed E-state index contributed by atoms with van der Waals surface area (Å²) in [5, 5.41) is 3.73. The van der Waals surface area contributed by atoms with Crippen molar-refractivity contribution in [1.82, 2.24) is 15.2 Å². The van der Waals surface area contributed by atoms with E-state index >= 15 is 0 Å². The van der Waals surface area contributed by atoms with Crippen LogP contribution in [0.25, 0.3) is 0 Å². The molecule has 22 heavy (non-hydrogen) atoms. The number of benzene rings is 1. The molecular formula is C15H15F2N3OS. The Morgan fingerprint density at radius 2 is 2.09 bits per heavy atom. The minimum absolute atomic E-state index is 0.0898. The second-order valence-corrected chi connectivity index (χ2v) is 6.48. The van der Waals surface area contributed by atoms with E-state index in [0.717, 1.165) is 22.0 Å². The predicted octanol–water partition coefficient (Wildman–Crippen LogP) is 3.00. The number of hydrogen-bond donors (Lipinski definition) is 1. The lowest BCUT2D eigenvalue weighted by molar-refractivity contribution is 0.190. The van der Waals surface area contributed by atoms with Crippen molar-refractivity contribution in [1.29, 1.82) is 0 Å².